The van der Waals surface area contributed by atoms with Crippen molar-refractivity contribution in [2.45, 2.75) is 25.3 Å². The Morgan fingerprint density at radius 2 is 1.79 bits per heavy atom. The van der Waals surface area contributed by atoms with Crippen LogP contribution < -0.4 is 0 Å². The third-order valence-electron chi connectivity index (χ3n) is 4.27. The van der Waals surface area contributed by atoms with Crippen LogP contribution in [0.2, 0.25) is 0 Å². The maximum absolute atomic E-state index is 12.3. The van der Waals surface area contributed by atoms with E-state index >= 15 is 0 Å². The quantitative estimate of drug-likeness (QED) is 0.732. The van der Waals surface area contributed by atoms with Crippen molar-refractivity contribution >= 4 is 21.1 Å². The lowest BCUT2D eigenvalue weighted by Crippen LogP contribution is -2.22. The fraction of sp³-hybridized carbons (Fsp3) is 0.278. The monoisotopic (exact) mass is 343 g/mol. The maximum Gasteiger partial charge on any atom is 0.242 e. The highest BCUT2D eigenvalue weighted by Gasteiger charge is 2.17. The minimum Gasteiger partial charge on any atom is -0.326 e. The zero-order valence-electron chi connectivity index (χ0n) is 14.3. The van der Waals surface area contributed by atoms with Gasteiger partial charge < -0.3 is 4.57 Å². The van der Waals surface area contributed by atoms with Gasteiger partial charge in [0.05, 0.1) is 22.3 Å². The van der Waals surface area contributed by atoms with E-state index in [1.807, 2.05) is 10.6 Å². The van der Waals surface area contributed by atoms with Gasteiger partial charge in [0.1, 0.15) is 0 Å². The summed E-state index contributed by atoms with van der Waals surface area (Å²) < 4.78 is 27.8. The van der Waals surface area contributed by atoms with E-state index in [1.54, 1.807) is 24.5 Å². The highest BCUT2D eigenvalue weighted by atomic mass is 32.2. The van der Waals surface area contributed by atoms with Crippen molar-refractivity contribution < 1.29 is 8.42 Å². The average Bonchev–Trinajstić information content (AvgIpc) is 2.90. The fourth-order valence-electron chi connectivity index (χ4n) is 2.65. The van der Waals surface area contributed by atoms with Gasteiger partial charge in [-0.2, -0.15) is 0 Å². The first kappa shape index (κ1) is 16.7. The summed E-state index contributed by atoms with van der Waals surface area (Å²) in [5.74, 6) is 0. The molecule has 0 aliphatic rings. The second kappa shape index (κ2) is 6.03. The highest BCUT2D eigenvalue weighted by molar-refractivity contribution is 7.89. The van der Waals surface area contributed by atoms with E-state index in [-0.39, 0.29) is 0 Å². The first-order chi connectivity index (χ1) is 11.3. The molecule has 0 fully saturated rings. The number of aryl methyl sites for hydroxylation is 2. The van der Waals surface area contributed by atoms with Crippen LogP contribution in [0.4, 0.5) is 0 Å². The van der Waals surface area contributed by atoms with Crippen LogP contribution >= 0.6 is 0 Å². The van der Waals surface area contributed by atoms with Crippen LogP contribution in [-0.2, 0) is 16.6 Å². The molecule has 1 heterocycles. The lowest BCUT2D eigenvalue weighted by Gasteiger charge is -2.13. The predicted molar refractivity (Wildman–Crippen MR) is 95.6 cm³/mol. The van der Waals surface area contributed by atoms with Crippen molar-refractivity contribution in [2.24, 2.45) is 0 Å². The molecule has 0 saturated heterocycles. The summed E-state index contributed by atoms with van der Waals surface area (Å²) in [5.41, 5.74) is 5.37. The van der Waals surface area contributed by atoms with Crippen LogP contribution in [0.25, 0.3) is 11.0 Å². The van der Waals surface area contributed by atoms with Gasteiger partial charge in [-0.05, 0) is 54.8 Å². The smallest absolute Gasteiger partial charge is 0.242 e. The molecule has 6 heteroatoms. The molecule has 0 saturated carbocycles. The number of benzene rings is 2. The van der Waals surface area contributed by atoms with E-state index in [1.165, 1.54) is 29.5 Å². The summed E-state index contributed by atoms with van der Waals surface area (Å²) in [6.07, 6.45) is 1.80. The van der Waals surface area contributed by atoms with Gasteiger partial charge >= 0.3 is 0 Å². The van der Waals surface area contributed by atoms with Crippen LogP contribution in [0.3, 0.4) is 0 Å². The molecule has 3 aromatic rings. The van der Waals surface area contributed by atoms with Crippen LogP contribution in [0.1, 0.15) is 16.7 Å². The average molecular weight is 343 g/mol. The van der Waals surface area contributed by atoms with E-state index in [4.69, 9.17) is 0 Å². The van der Waals surface area contributed by atoms with E-state index in [0.717, 1.165) is 16.6 Å². The van der Waals surface area contributed by atoms with Gasteiger partial charge in [-0.3, -0.25) is 0 Å². The van der Waals surface area contributed by atoms with Crippen LogP contribution in [-0.4, -0.2) is 36.4 Å². The first-order valence-electron chi connectivity index (χ1n) is 7.72. The van der Waals surface area contributed by atoms with Crippen molar-refractivity contribution in [1.29, 1.82) is 0 Å². The molecule has 1 aromatic heterocycles. The summed E-state index contributed by atoms with van der Waals surface area (Å²) in [5, 5.41) is 0. The van der Waals surface area contributed by atoms with Crippen molar-refractivity contribution in [2.75, 3.05) is 14.1 Å². The number of imidazole rings is 1. The maximum atomic E-state index is 12.3. The second-order valence-corrected chi connectivity index (χ2v) is 8.38. The Bertz CT molecular complexity index is 1000. The minimum atomic E-state index is -3.42. The molecule has 5 nitrogen and oxygen atoms in total. The molecule has 0 radical (unpaired) electrons. The number of rotatable bonds is 4. The third kappa shape index (κ3) is 2.95. The molecule has 3 rings (SSSR count). The van der Waals surface area contributed by atoms with E-state index in [0.29, 0.717) is 11.4 Å². The number of hydrogen-bond acceptors (Lipinski definition) is 3. The zero-order chi connectivity index (χ0) is 17.5. The lowest BCUT2D eigenvalue weighted by molar-refractivity contribution is 0.520. The molecule has 0 aliphatic heterocycles. The molecular formula is C18H21N3O2S. The Kier molecular flexibility index (Phi) is 4.19. The molecule has 0 N–H and O–H groups in total. The van der Waals surface area contributed by atoms with Crippen molar-refractivity contribution in [1.82, 2.24) is 13.9 Å². The Hall–Kier alpha value is -2.18. The van der Waals surface area contributed by atoms with Gasteiger partial charge in [-0.1, -0.05) is 12.1 Å². The fourth-order valence-corrected chi connectivity index (χ4v) is 3.62. The zero-order valence-corrected chi connectivity index (χ0v) is 15.1. The molecule has 0 bridgehead atoms. The van der Waals surface area contributed by atoms with Crippen LogP contribution in [0, 0.1) is 13.8 Å². The van der Waals surface area contributed by atoms with E-state index < -0.39 is 10.0 Å². The Labute approximate surface area is 142 Å². The summed E-state index contributed by atoms with van der Waals surface area (Å²) in [4.78, 5) is 4.76. The minimum absolute atomic E-state index is 0.307. The lowest BCUT2D eigenvalue weighted by atomic mass is 10.1. The largest absolute Gasteiger partial charge is 0.326 e. The number of aromatic nitrogens is 2. The molecule has 24 heavy (non-hydrogen) atoms. The second-order valence-electron chi connectivity index (χ2n) is 6.23. The summed E-state index contributed by atoms with van der Waals surface area (Å²) in [6.45, 7) is 4.73. The SMILES string of the molecule is Cc1cc2ncn(Cc3cccc(S(=O)(=O)N(C)C)c3)c2cc1C. The molecule has 0 aliphatic carbocycles. The molecule has 0 atom stereocenters. The number of sulfonamides is 1. The van der Waals surface area contributed by atoms with Crippen molar-refractivity contribution in [3.63, 3.8) is 0 Å². The van der Waals surface area contributed by atoms with Gasteiger partial charge in [-0.15, -0.1) is 0 Å². The van der Waals surface area contributed by atoms with Gasteiger partial charge in [0.25, 0.3) is 0 Å². The Morgan fingerprint density at radius 1 is 1.08 bits per heavy atom. The topological polar surface area (TPSA) is 55.2 Å². The van der Waals surface area contributed by atoms with Crippen LogP contribution in [0.5, 0.6) is 0 Å². The predicted octanol–water partition coefficient (Wildman–Crippen LogP) is 2.95. The van der Waals surface area contributed by atoms with Gasteiger partial charge in [0.2, 0.25) is 10.0 Å². The van der Waals surface area contributed by atoms with Crippen molar-refractivity contribution in [3.05, 3.63) is 59.4 Å². The number of fused-ring (bicyclic) bond motifs is 1. The summed E-state index contributed by atoms with van der Waals surface area (Å²) >= 11 is 0. The molecule has 2 aromatic carbocycles. The van der Waals surface area contributed by atoms with E-state index in [9.17, 15) is 8.42 Å². The van der Waals surface area contributed by atoms with Gasteiger partial charge in [0, 0.05) is 20.6 Å². The van der Waals surface area contributed by atoms with Gasteiger partial charge in [0.15, 0.2) is 0 Å². The molecule has 0 unspecified atom stereocenters. The first-order valence-corrected chi connectivity index (χ1v) is 9.16. The van der Waals surface area contributed by atoms with Crippen molar-refractivity contribution in [3.8, 4) is 0 Å². The molecule has 0 spiro atoms. The molecule has 0 amide bonds. The summed E-state index contributed by atoms with van der Waals surface area (Å²) in [7, 11) is -0.348. The highest BCUT2D eigenvalue weighted by Crippen LogP contribution is 2.21. The van der Waals surface area contributed by atoms with Gasteiger partial charge in [-0.25, -0.2) is 17.7 Å². The normalized spacial score (nSPS) is 12.2. The summed E-state index contributed by atoms with van der Waals surface area (Å²) in [6, 6.07) is 11.3. The number of nitrogens with zero attached hydrogens (tertiary/aromatic N) is 3. The third-order valence-corrected chi connectivity index (χ3v) is 6.08. The molecular weight excluding hydrogens is 322 g/mol. The number of hydrogen-bond donors (Lipinski definition) is 0. The Morgan fingerprint density at radius 3 is 2.50 bits per heavy atom. The Balaban J connectivity index is 1.99. The molecule has 126 valence electrons. The standard InChI is InChI=1S/C18H21N3O2S/c1-13-8-17-18(9-14(13)2)21(12-19-17)11-15-6-5-7-16(10-15)24(22,23)20(3)4/h5-10,12H,11H2,1-4H3. The van der Waals surface area contributed by atoms with Crippen LogP contribution in [0.15, 0.2) is 47.6 Å². The van der Waals surface area contributed by atoms with E-state index in [2.05, 4.69) is 31.0 Å².